The van der Waals surface area contributed by atoms with Crippen LogP contribution in [-0.4, -0.2) is 33.7 Å². The second-order valence-corrected chi connectivity index (χ2v) is 5.53. The molecule has 2 atom stereocenters. The molecule has 19 heavy (non-hydrogen) atoms. The quantitative estimate of drug-likeness (QED) is 0.822. The van der Waals surface area contributed by atoms with Crippen molar-refractivity contribution in [3.8, 4) is 0 Å². The van der Waals surface area contributed by atoms with Crippen molar-refractivity contribution in [2.24, 2.45) is 0 Å². The molecule has 0 aliphatic carbocycles. The third-order valence-corrected chi connectivity index (χ3v) is 3.84. The maximum atomic E-state index is 6.03. The molecule has 0 saturated carbocycles. The van der Waals surface area contributed by atoms with E-state index in [0.29, 0.717) is 0 Å². The van der Waals surface area contributed by atoms with Gasteiger partial charge in [0.15, 0.2) is 0 Å². The number of nitrogens with one attached hydrogen (secondary N) is 1. The molecular weight excluding hydrogens is 240 g/mol. The lowest BCUT2D eigenvalue weighted by Gasteiger charge is -2.34. The van der Waals surface area contributed by atoms with Gasteiger partial charge in [-0.25, -0.2) is 4.68 Å². The third-order valence-electron chi connectivity index (χ3n) is 3.84. The van der Waals surface area contributed by atoms with Gasteiger partial charge in [0.1, 0.15) is 0 Å². The number of nitrogens with zero attached hydrogens (tertiary/aromatic N) is 3. The van der Waals surface area contributed by atoms with Gasteiger partial charge in [0.05, 0.1) is 23.5 Å². The molecule has 1 aromatic rings. The lowest BCUT2D eigenvalue weighted by atomic mass is 9.90. The van der Waals surface area contributed by atoms with Gasteiger partial charge in [-0.05, 0) is 39.2 Å². The van der Waals surface area contributed by atoms with Crippen LogP contribution in [-0.2, 0) is 11.3 Å². The summed E-state index contributed by atoms with van der Waals surface area (Å²) < 4.78 is 8.04. The minimum absolute atomic E-state index is 0.137. The van der Waals surface area contributed by atoms with Crippen molar-refractivity contribution in [1.82, 2.24) is 20.3 Å². The number of rotatable bonds is 7. The Hall–Kier alpha value is -0.940. The summed E-state index contributed by atoms with van der Waals surface area (Å²) >= 11 is 0. The van der Waals surface area contributed by atoms with E-state index in [2.05, 4.69) is 36.4 Å². The van der Waals surface area contributed by atoms with Crippen LogP contribution in [0.5, 0.6) is 0 Å². The first-order chi connectivity index (χ1) is 9.21. The largest absolute Gasteiger partial charge is 0.373 e. The fourth-order valence-electron chi connectivity index (χ4n) is 2.83. The Balaban J connectivity index is 2.23. The Morgan fingerprint density at radius 1 is 1.47 bits per heavy atom. The molecule has 5 nitrogen and oxygen atoms in total. The Kier molecular flexibility index (Phi) is 4.93. The van der Waals surface area contributed by atoms with Crippen LogP contribution in [0.2, 0.25) is 0 Å². The van der Waals surface area contributed by atoms with Crippen molar-refractivity contribution in [2.45, 2.75) is 64.6 Å². The standard InChI is InChI=1S/C14H26N4O/c1-4-8-15-13(14(3)7-6-10-19-14)12-11-16-17-18(12)9-5-2/h11,13,15H,4-10H2,1-3H3. The van der Waals surface area contributed by atoms with Crippen molar-refractivity contribution in [2.75, 3.05) is 13.2 Å². The lowest BCUT2D eigenvalue weighted by Crippen LogP contribution is -2.42. The van der Waals surface area contributed by atoms with Crippen LogP contribution < -0.4 is 5.32 Å². The fourth-order valence-corrected chi connectivity index (χ4v) is 2.83. The molecule has 108 valence electrons. The second-order valence-electron chi connectivity index (χ2n) is 5.53. The molecule has 2 heterocycles. The molecule has 1 aliphatic rings. The first kappa shape index (κ1) is 14.5. The van der Waals surface area contributed by atoms with Gasteiger partial charge in [0.25, 0.3) is 0 Å². The average Bonchev–Trinajstić information content (AvgIpc) is 3.01. The Morgan fingerprint density at radius 2 is 2.32 bits per heavy atom. The number of ether oxygens (including phenoxy) is 1. The molecule has 0 amide bonds. The van der Waals surface area contributed by atoms with E-state index in [9.17, 15) is 0 Å². The van der Waals surface area contributed by atoms with Gasteiger partial charge in [0, 0.05) is 13.2 Å². The Labute approximate surface area is 115 Å². The molecule has 0 radical (unpaired) electrons. The van der Waals surface area contributed by atoms with Crippen LogP contribution in [0.25, 0.3) is 0 Å². The van der Waals surface area contributed by atoms with E-state index in [0.717, 1.165) is 51.1 Å². The van der Waals surface area contributed by atoms with E-state index < -0.39 is 0 Å². The van der Waals surface area contributed by atoms with Gasteiger partial charge in [-0.3, -0.25) is 0 Å². The number of hydrogen-bond acceptors (Lipinski definition) is 4. The van der Waals surface area contributed by atoms with Gasteiger partial charge < -0.3 is 10.1 Å². The number of aromatic nitrogens is 3. The molecule has 1 fully saturated rings. The van der Waals surface area contributed by atoms with E-state index >= 15 is 0 Å². The summed E-state index contributed by atoms with van der Waals surface area (Å²) in [7, 11) is 0. The number of hydrogen-bond donors (Lipinski definition) is 1. The van der Waals surface area contributed by atoms with Gasteiger partial charge in [-0.15, -0.1) is 5.10 Å². The number of aryl methyl sites for hydroxylation is 1. The molecule has 0 aromatic carbocycles. The molecule has 0 bridgehead atoms. The zero-order chi connectivity index (χ0) is 13.7. The van der Waals surface area contributed by atoms with Crippen LogP contribution in [0, 0.1) is 0 Å². The van der Waals surface area contributed by atoms with E-state index in [1.165, 1.54) is 0 Å². The monoisotopic (exact) mass is 266 g/mol. The molecule has 2 rings (SSSR count). The molecule has 1 aliphatic heterocycles. The molecule has 1 saturated heterocycles. The molecule has 1 N–H and O–H groups in total. The summed E-state index contributed by atoms with van der Waals surface area (Å²) in [5, 5.41) is 11.9. The van der Waals surface area contributed by atoms with Crippen LogP contribution in [0.4, 0.5) is 0 Å². The summed E-state index contributed by atoms with van der Waals surface area (Å²) in [4.78, 5) is 0. The molecular formula is C14H26N4O. The minimum atomic E-state index is -0.137. The van der Waals surface area contributed by atoms with E-state index in [1.807, 2.05) is 10.9 Å². The highest BCUT2D eigenvalue weighted by atomic mass is 16.5. The topological polar surface area (TPSA) is 52.0 Å². The van der Waals surface area contributed by atoms with Crippen molar-refractivity contribution in [3.05, 3.63) is 11.9 Å². The van der Waals surface area contributed by atoms with Gasteiger partial charge in [-0.1, -0.05) is 19.1 Å². The van der Waals surface area contributed by atoms with Crippen LogP contribution in [0.1, 0.15) is 58.2 Å². The van der Waals surface area contributed by atoms with Gasteiger partial charge in [0.2, 0.25) is 0 Å². The highest BCUT2D eigenvalue weighted by molar-refractivity contribution is 5.10. The highest BCUT2D eigenvalue weighted by Gasteiger charge is 2.40. The van der Waals surface area contributed by atoms with E-state index in [1.54, 1.807) is 0 Å². The third kappa shape index (κ3) is 3.15. The average molecular weight is 266 g/mol. The molecule has 2 unspecified atom stereocenters. The predicted octanol–water partition coefficient (Wildman–Crippen LogP) is 2.30. The summed E-state index contributed by atoms with van der Waals surface area (Å²) in [5.41, 5.74) is 1.02. The van der Waals surface area contributed by atoms with Crippen LogP contribution >= 0.6 is 0 Å². The SMILES string of the molecule is CCCNC(c1cnnn1CCC)C1(C)CCCO1. The second kappa shape index (κ2) is 6.48. The first-order valence-electron chi connectivity index (χ1n) is 7.47. The summed E-state index contributed by atoms with van der Waals surface area (Å²) in [5.74, 6) is 0. The fraction of sp³-hybridized carbons (Fsp3) is 0.857. The summed E-state index contributed by atoms with van der Waals surface area (Å²) in [6, 6.07) is 0.177. The lowest BCUT2D eigenvalue weighted by molar-refractivity contribution is -0.0148. The van der Waals surface area contributed by atoms with Crippen LogP contribution in [0.15, 0.2) is 6.20 Å². The summed E-state index contributed by atoms with van der Waals surface area (Å²) in [6.45, 7) is 9.31. The van der Waals surface area contributed by atoms with E-state index in [4.69, 9.17) is 4.74 Å². The van der Waals surface area contributed by atoms with Crippen molar-refractivity contribution >= 4 is 0 Å². The molecule has 1 aromatic heterocycles. The predicted molar refractivity (Wildman–Crippen MR) is 74.9 cm³/mol. The van der Waals surface area contributed by atoms with Crippen molar-refractivity contribution in [1.29, 1.82) is 0 Å². The first-order valence-corrected chi connectivity index (χ1v) is 7.47. The maximum Gasteiger partial charge on any atom is 0.0865 e. The normalized spacial score (nSPS) is 24.8. The maximum absolute atomic E-state index is 6.03. The Morgan fingerprint density at radius 3 is 2.95 bits per heavy atom. The Bertz CT molecular complexity index is 385. The molecule has 5 heteroatoms. The smallest absolute Gasteiger partial charge is 0.0865 e. The van der Waals surface area contributed by atoms with Crippen molar-refractivity contribution < 1.29 is 4.74 Å². The van der Waals surface area contributed by atoms with Crippen LogP contribution in [0.3, 0.4) is 0 Å². The molecule has 0 spiro atoms. The zero-order valence-corrected chi connectivity index (χ0v) is 12.4. The van der Waals surface area contributed by atoms with E-state index in [-0.39, 0.29) is 11.6 Å². The summed E-state index contributed by atoms with van der Waals surface area (Å²) in [6.07, 6.45) is 6.29. The van der Waals surface area contributed by atoms with Gasteiger partial charge >= 0.3 is 0 Å². The zero-order valence-electron chi connectivity index (χ0n) is 12.4. The van der Waals surface area contributed by atoms with Crippen molar-refractivity contribution in [3.63, 3.8) is 0 Å². The van der Waals surface area contributed by atoms with Gasteiger partial charge in [-0.2, -0.15) is 0 Å². The highest BCUT2D eigenvalue weighted by Crippen LogP contribution is 2.37. The minimum Gasteiger partial charge on any atom is -0.373 e.